The number of thioether (sulfide) groups is 1. The zero-order valence-electron chi connectivity index (χ0n) is 16.5. The molecule has 0 saturated carbocycles. The number of hydrogen-bond acceptors (Lipinski definition) is 5. The van der Waals surface area contributed by atoms with Gasteiger partial charge in [-0.05, 0) is 57.1 Å². The molecule has 1 saturated heterocycles. The van der Waals surface area contributed by atoms with Gasteiger partial charge in [0, 0.05) is 11.4 Å². The first-order valence-corrected chi connectivity index (χ1v) is 10.9. The minimum Gasteiger partial charge on any atom is -0.325 e. The number of amides is 1. The maximum Gasteiger partial charge on any atom is 0.234 e. The van der Waals surface area contributed by atoms with E-state index in [1.165, 1.54) is 30.2 Å². The largest absolute Gasteiger partial charge is 0.325 e. The van der Waals surface area contributed by atoms with Gasteiger partial charge in [-0.1, -0.05) is 47.7 Å². The highest BCUT2D eigenvalue weighted by Gasteiger charge is 2.20. The number of hydrogen-bond donors (Lipinski definition) is 1. The monoisotopic (exact) mass is 407 g/mol. The van der Waals surface area contributed by atoms with Gasteiger partial charge >= 0.3 is 0 Å². The van der Waals surface area contributed by atoms with Gasteiger partial charge in [0.2, 0.25) is 5.91 Å². The van der Waals surface area contributed by atoms with Crippen LogP contribution in [0.3, 0.4) is 0 Å². The lowest BCUT2D eigenvalue weighted by molar-refractivity contribution is -0.113. The smallest absolute Gasteiger partial charge is 0.234 e. The highest BCUT2D eigenvalue weighted by atomic mass is 32.2. The Balaban J connectivity index is 1.48. The standard InChI is InChI=1S/C22H25N5OS/c1-17-9-11-18(12-10-17)23-21(28)16-29-22-25-24-20(15-26-13-5-6-14-26)27(22)19-7-3-2-4-8-19/h2-4,7-12H,5-6,13-16H2,1H3,(H,23,28). The minimum absolute atomic E-state index is 0.0532. The molecule has 2 heterocycles. The first kappa shape index (κ1) is 19.7. The van der Waals surface area contributed by atoms with Crippen molar-refractivity contribution in [1.29, 1.82) is 0 Å². The second kappa shape index (κ2) is 9.24. The SMILES string of the molecule is Cc1ccc(NC(=O)CSc2nnc(CN3CCCC3)n2-c2ccccc2)cc1. The van der Waals surface area contributed by atoms with E-state index in [1.807, 2.05) is 61.5 Å². The average molecular weight is 408 g/mol. The third kappa shape index (κ3) is 5.05. The first-order chi connectivity index (χ1) is 14.2. The molecule has 2 aromatic carbocycles. The lowest BCUT2D eigenvalue weighted by atomic mass is 10.2. The summed E-state index contributed by atoms with van der Waals surface area (Å²) in [4.78, 5) is 14.8. The van der Waals surface area contributed by atoms with Crippen molar-refractivity contribution in [3.8, 4) is 5.69 Å². The lowest BCUT2D eigenvalue weighted by Gasteiger charge is -2.16. The normalized spacial score (nSPS) is 14.2. The number of aromatic nitrogens is 3. The Labute approximate surface area is 175 Å². The number of aryl methyl sites for hydroxylation is 1. The van der Waals surface area contributed by atoms with Crippen molar-refractivity contribution in [2.75, 3.05) is 24.2 Å². The molecule has 1 fully saturated rings. The molecule has 150 valence electrons. The van der Waals surface area contributed by atoms with Crippen molar-refractivity contribution in [3.63, 3.8) is 0 Å². The van der Waals surface area contributed by atoms with Crippen LogP contribution in [0.5, 0.6) is 0 Å². The Morgan fingerprint density at radius 1 is 1.03 bits per heavy atom. The maximum atomic E-state index is 12.4. The number of nitrogens with one attached hydrogen (secondary N) is 1. The van der Waals surface area contributed by atoms with Crippen LogP contribution in [-0.2, 0) is 11.3 Å². The molecule has 1 aromatic heterocycles. The van der Waals surface area contributed by atoms with Crippen LogP contribution in [0.2, 0.25) is 0 Å². The quantitative estimate of drug-likeness (QED) is 0.602. The van der Waals surface area contributed by atoms with Crippen LogP contribution in [-0.4, -0.2) is 44.4 Å². The summed E-state index contributed by atoms with van der Waals surface area (Å²) in [5.74, 6) is 1.14. The van der Waals surface area contributed by atoms with E-state index in [2.05, 4.69) is 25.0 Å². The van der Waals surface area contributed by atoms with Gasteiger partial charge in [-0.2, -0.15) is 0 Å². The van der Waals surface area contributed by atoms with Crippen molar-refractivity contribution in [3.05, 3.63) is 66.0 Å². The van der Waals surface area contributed by atoms with E-state index in [1.54, 1.807) is 0 Å². The zero-order valence-corrected chi connectivity index (χ0v) is 17.4. The summed E-state index contributed by atoms with van der Waals surface area (Å²) in [6, 6.07) is 17.9. The van der Waals surface area contributed by atoms with Gasteiger partial charge in [0.25, 0.3) is 0 Å². The van der Waals surface area contributed by atoms with Gasteiger partial charge in [-0.15, -0.1) is 10.2 Å². The Hall–Kier alpha value is -2.64. The Morgan fingerprint density at radius 2 is 1.76 bits per heavy atom. The fourth-order valence-electron chi connectivity index (χ4n) is 3.44. The zero-order chi connectivity index (χ0) is 20.1. The van der Waals surface area contributed by atoms with Crippen molar-refractivity contribution in [2.45, 2.75) is 31.5 Å². The molecule has 3 aromatic rings. The molecule has 0 unspecified atom stereocenters. The summed E-state index contributed by atoms with van der Waals surface area (Å²) >= 11 is 1.41. The number of rotatable bonds is 7. The summed E-state index contributed by atoms with van der Waals surface area (Å²) in [5.41, 5.74) is 2.99. The van der Waals surface area contributed by atoms with Gasteiger partial charge in [0.05, 0.1) is 12.3 Å². The van der Waals surface area contributed by atoms with E-state index in [4.69, 9.17) is 0 Å². The highest BCUT2D eigenvalue weighted by Crippen LogP contribution is 2.24. The predicted molar refractivity (Wildman–Crippen MR) is 116 cm³/mol. The third-order valence-corrected chi connectivity index (χ3v) is 5.88. The second-order valence-electron chi connectivity index (χ2n) is 7.26. The summed E-state index contributed by atoms with van der Waals surface area (Å²) in [6.07, 6.45) is 2.47. The Bertz CT molecular complexity index is 949. The number of para-hydroxylation sites is 1. The molecule has 6 nitrogen and oxygen atoms in total. The van der Waals surface area contributed by atoms with Gasteiger partial charge in [-0.3, -0.25) is 14.3 Å². The summed E-state index contributed by atoms with van der Waals surface area (Å²) in [6.45, 7) is 5.00. The Morgan fingerprint density at radius 3 is 2.48 bits per heavy atom. The van der Waals surface area contributed by atoms with Gasteiger partial charge in [0.15, 0.2) is 11.0 Å². The number of nitrogens with zero attached hydrogens (tertiary/aromatic N) is 4. The third-order valence-electron chi connectivity index (χ3n) is 4.95. The van der Waals surface area contributed by atoms with Crippen LogP contribution in [0, 0.1) is 6.92 Å². The van der Waals surface area contributed by atoms with Crippen LogP contribution in [0.15, 0.2) is 59.8 Å². The van der Waals surface area contributed by atoms with E-state index in [-0.39, 0.29) is 11.7 Å². The van der Waals surface area contributed by atoms with Crippen LogP contribution in [0.1, 0.15) is 24.2 Å². The van der Waals surface area contributed by atoms with Gasteiger partial charge in [0.1, 0.15) is 0 Å². The molecule has 1 aliphatic heterocycles. The minimum atomic E-state index is -0.0532. The maximum absolute atomic E-state index is 12.4. The van der Waals surface area contributed by atoms with Crippen LogP contribution in [0.4, 0.5) is 5.69 Å². The van der Waals surface area contributed by atoms with Gasteiger partial charge in [-0.25, -0.2) is 0 Å². The van der Waals surface area contributed by atoms with E-state index in [9.17, 15) is 4.79 Å². The molecule has 4 rings (SSSR count). The summed E-state index contributed by atoms with van der Waals surface area (Å²) < 4.78 is 2.07. The number of carbonyl (C=O) groups is 1. The number of likely N-dealkylation sites (tertiary alicyclic amines) is 1. The highest BCUT2D eigenvalue weighted by molar-refractivity contribution is 7.99. The molecule has 0 spiro atoms. The second-order valence-corrected chi connectivity index (χ2v) is 8.20. The van der Waals surface area contributed by atoms with Crippen LogP contribution >= 0.6 is 11.8 Å². The predicted octanol–water partition coefficient (Wildman–Crippen LogP) is 3.90. The number of anilines is 1. The molecule has 0 bridgehead atoms. The lowest BCUT2D eigenvalue weighted by Crippen LogP contribution is -2.21. The topological polar surface area (TPSA) is 63.1 Å². The number of benzene rings is 2. The molecule has 0 aliphatic carbocycles. The van der Waals surface area contributed by atoms with Crippen LogP contribution in [0.25, 0.3) is 5.69 Å². The number of carbonyl (C=O) groups excluding carboxylic acids is 1. The van der Waals surface area contributed by atoms with E-state index in [0.29, 0.717) is 0 Å². The first-order valence-electron chi connectivity index (χ1n) is 9.90. The van der Waals surface area contributed by atoms with Crippen molar-refractivity contribution in [2.24, 2.45) is 0 Å². The molecule has 1 amide bonds. The van der Waals surface area contributed by atoms with E-state index >= 15 is 0 Å². The molecular formula is C22H25N5OS. The van der Waals surface area contributed by atoms with Crippen molar-refractivity contribution >= 4 is 23.4 Å². The fraction of sp³-hybridized carbons (Fsp3) is 0.318. The molecular weight excluding hydrogens is 382 g/mol. The molecule has 1 N–H and O–H groups in total. The van der Waals surface area contributed by atoms with Gasteiger partial charge < -0.3 is 5.32 Å². The van der Waals surface area contributed by atoms with E-state index < -0.39 is 0 Å². The molecule has 0 radical (unpaired) electrons. The van der Waals surface area contributed by atoms with E-state index in [0.717, 1.165) is 42.0 Å². The van der Waals surface area contributed by atoms with Crippen molar-refractivity contribution < 1.29 is 4.79 Å². The summed E-state index contributed by atoms with van der Waals surface area (Å²) in [5, 5.41) is 12.5. The average Bonchev–Trinajstić information content (AvgIpc) is 3.39. The Kier molecular flexibility index (Phi) is 6.27. The molecule has 0 atom stereocenters. The summed E-state index contributed by atoms with van der Waals surface area (Å²) in [7, 11) is 0. The molecule has 29 heavy (non-hydrogen) atoms. The molecule has 7 heteroatoms. The molecule has 1 aliphatic rings. The van der Waals surface area contributed by atoms with Crippen molar-refractivity contribution in [1.82, 2.24) is 19.7 Å². The fourth-order valence-corrected chi connectivity index (χ4v) is 4.21. The van der Waals surface area contributed by atoms with Crippen LogP contribution < -0.4 is 5.32 Å².